The number of phenols is 1. The first-order valence-electron chi connectivity index (χ1n) is 5.64. The molecule has 1 amide bonds. The fourth-order valence-corrected chi connectivity index (χ4v) is 1.63. The molecule has 0 heterocycles. The summed E-state index contributed by atoms with van der Waals surface area (Å²) in [5, 5.41) is 11.6. The fourth-order valence-electron chi connectivity index (χ4n) is 1.63. The van der Waals surface area contributed by atoms with E-state index in [0.29, 0.717) is 0 Å². The second-order valence-corrected chi connectivity index (χ2v) is 4.20. The molecule has 2 aromatic carbocycles. The van der Waals surface area contributed by atoms with E-state index < -0.39 is 29.1 Å². The highest BCUT2D eigenvalue weighted by molar-refractivity contribution is 6.06. The topological polar surface area (TPSA) is 49.3 Å². The zero-order valence-electron chi connectivity index (χ0n) is 10.4. The summed E-state index contributed by atoms with van der Waals surface area (Å²) in [7, 11) is 0. The van der Waals surface area contributed by atoms with Crippen molar-refractivity contribution in [1.29, 1.82) is 0 Å². The molecular weight excluding hydrogens is 271 g/mol. The van der Waals surface area contributed by atoms with E-state index in [1.165, 1.54) is 6.92 Å². The highest BCUT2D eigenvalue weighted by Crippen LogP contribution is 2.22. The lowest BCUT2D eigenvalue weighted by Crippen LogP contribution is -2.13. The molecule has 0 aliphatic rings. The van der Waals surface area contributed by atoms with Gasteiger partial charge in [0.1, 0.15) is 23.2 Å². The van der Waals surface area contributed by atoms with Gasteiger partial charge in [0.05, 0.1) is 11.3 Å². The Morgan fingerprint density at radius 3 is 2.45 bits per heavy atom. The van der Waals surface area contributed by atoms with Crippen molar-refractivity contribution >= 4 is 11.6 Å². The number of hydrogen-bond acceptors (Lipinski definition) is 2. The van der Waals surface area contributed by atoms with Crippen LogP contribution in [-0.2, 0) is 0 Å². The summed E-state index contributed by atoms with van der Waals surface area (Å²) >= 11 is 0. The number of carbonyl (C=O) groups excluding carboxylic acids is 1. The number of aromatic hydroxyl groups is 1. The Balaban J connectivity index is 2.30. The van der Waals surface area contributed by atoms with E-state index in [-0.39, 0.29) is 16.8 Å². The number of carbonyl (C=O) groups is 1. The van der Waals surface area contributed by atoms with Gasteiger partial charge in [-0.05, 0) is 30.7 Å². The number of phenolic OH excluding ortho intramolecular Hbond substituents is 1. The molecule has 2 rings (SSSR count). The number of hydrogen-bond donors (Lipinski definition) is 2. The number of anilines is 1. The summed E-state index contributed by atoms with van der Waals surface area (Å²) < 4.78 is 39.7. The summed E-state index contributed by atoms with van der Waals surface area (Å²) in [4.78, 5) is 11.8. The molecule has 0 bridgehead atoms. The van der Waals surface area contributed by atoms with Crippen molar-refractivity contribution in [3.63, 3.8) is 0 Å². The number of rotatable bonds is 2. The number of benzene rings is 2. The van der Waals surface area contributed by atoms with Crippen LogP contribution in [-0.4, -0.2) is 11.0 Å². The third kappa shape index (κ3) is 2.74. The van der Waals surface area contributed by atoms with E-state index in [2.05, 4.69) is 5.32 Å². The molecule has 3 nitrogen and oxygen atoms in total. The van der Waals surface area contributed by atoms with Gasteiger partial charge in [0.15, 0.2) is 0 Å². The molecule has 6 heteroatoms. The molecule has 0 unspecified atom stereocenters. The summed E-state index contributed by atoms with van der Waals surface area (Å²) in [6, 6.07) is 4.54. The molecule has 2 N–H and O–H groups in total. The maximum absolute atomic E-state index is 13.6. The number of nitrogens with one attached hydrogen (secondary N) is 1. The summed E-state index contributed by atoms with van der Waals surface area (Å²) in [5.41, 5.74) is -0.501. The predicted octanol–water partition coefficient (Wildman–Crippen LogP) is 3.37. The van der Waals surface area contributed by atoms with Crippen molar-refractivity contribution in [2.24, 2.45) is 0 Å². The Morgan fingerprint density at radius 1 is 1.10 bits per heavy atom. The van der Waals surface area contributed by atoms with Crippen LogP contribution in [0.1, 0.15) is 15.9 Å². The van der Waals surface area contributed by atoms with Crippen LogP contribution < -0.4 is 5.32 Å². The Kier molecular flexibility index (Phi) is 3.65. The van der Waals surface area contributed by atoms with E-state index in [1.807, 2.05) is 0 Å². The Hall–Kier alpha value is -2.50. The molecule has 0 spiro atoms. The Labute approximate surface area is 112 Å². The van der Waals surface area contributed by atoms with Crippen LogP contribution in [0.25, 0.3) is 0 Å². The van der Waals surface area contributed by atoms with Crippen molar-refractivity contribution in [3.8, 4) is 5.75 Å². The minimum atomic E-state index is -0.871. The summed E-state index contributed by atoms with van der Waals surface area (Å²) in [6.45, 7) is 1.38. The normalized spacial score (nSPS) is 10.4. The quantitative estimate of drug-likeness (QED) is 0.886. The van der Waals surface area contributed by atoms with Gasteiger partial charge >= 0.3 is 0 Å². The first-order chi connectivity index (χ1) is 9.38. The second kappa shape index (κ2) is 5.24. The lowest BCUT2D eigenvalue weighted by atomic mass is 10.1. The SMILES string of the molecule is Cc1cc(F)c(NC(=O)c2ccc(F)cc2O)cc1F. The summed E-state index contributed by atoms with van der Waals surface area (Å²) in [6.07, 6.45) is 0. The molecule has 0 atom stereocenters. The largest absolute Gasteiger partial charge is 0.507 e. The van der Waals surface area contributed by atoms with Crippen LogP contribution in [0.4, 0.5) is 18.9 Å². The lowest BCUT2D eigenvalue weighted by Gasteiger charge is -2.09. The average molecular weight is 281 g/mol. The first-order valence-corrected chi connectivity index (χ1v) is 5.64. The molecule has 0 saturated carbocycles. The minimum absolute atomic E-state index is 0.102. The van der Waals surface area contributed by atoms with Crippen molar-refractivity contribution in [2.45, 2.75) is 6.92 Å². The highest BCUT2D eigenvalue weighted by Gasteiger charge is 2.15. The molecule has 2 aromatic rings. The highest BCUT2D eigenvalue weighted by atomic mass is 19.1. The number of halogens is 3. The van der Waals surface area contributed by atoms with Crippen LogP contribution in [0.15, 0.2) is 30.3 Å². The molecule has 0 aliphatic carbocycles. The zero-order valence-corrected chi connectivity index (χ0v) is 10.4. The smallest absolute Gasteiger partial charge is 0.259 e. The van der Waals surface area contributed by atoms with Gasteiger partial charge in [-0.1, -0.05) is 0 Å². The van der Waals surface area contributed by atoms with Crippen LogP contribution in [0.2, 0.25) is 0 Å². The molecular formula is C14H10F3NO2. The van der Waals surface area contributed by atoms with Crippen LogP contribution in [0.3, 0.4) is 0 Å². The van der Waals surface area contributed by atoms with E-state index >= 15 is 0 Å². The van der Waals surface area contributed by atoms with Gasteiger partial charge < -0.3 is 10.4 Å². The zero-order chi connectivity index (χ0) is 14.9. The van der Waals surface area contributed by atoms with Gasteiger partial charge in [-0.25, -0.2) is 13.2 Å². The number of amides is 1. The maximum atomic E-state index is 13.6. The van der Waals surface area contributed by atoms with Gasteiger partial charge in [-0.3, -0.25) is 4.79 Å². The third-order valence-electron chi connectivity index (χ3n) is 2.70. The third-order valence-corrected chi connectivity index (χ3v) is 2.70. The minimum Gasteiger partial charge on any atom is -0.507 e. The standard InChI is InChI=1S/C14H10F3NO2/c1-7-4-11(17)12(6-10(7)16)18-14(20)9-3-2-8(15)5-13(9)19/h2-6,19H,1H3,(H,18,20). The van der Waals surface area contributed by atoms with E-state index in [0.717, 1.165) is 30.3 Å². The molecule has 0 aromatic heterocycles. The molecule has 104 valence electrons. The predicted molar refractivity (Wildman–Crippen MR) is 67.1 cm³/mol. The molecule has 0 fully saturated rings. The number of aryl methyl sites for hydroxylation is 1. The van der Waals surface area contributed by atoms with E-state index in [4.69, 9.17) is 0 Å². The Morgan fingerprint density at radius 2 is 1.80 bits per heavy atom. The van der Waals surface area contributed by atoms with Gasteiger partial charge in [0.25, 0.3) is 5.91 Å². The second-order valence-electron chi connectivity index (χ2n) is 4.20. The van der Waals surface area contributed by atoms with Crippen LogP contribution >= 0.6 is 0 Å². The van der Waals surface area contributed by atoms with Crippen LogP contribution in [0, 0.1) is 24.4 Å². The molecule has 0 aliphatic heterocycles. The first kappa shape index (κ1) is 13.9. The monoisotopic (exact) mass is 281 g/mol. The van der Waals surface area contributed by atoms with Gasteiger partial charge in [-0.15, -0.1) is 0 Å². The fraction of sp³-hybridized carbons (Fsp3) is 0.0714. The van der Waals surface area contributed by atoms with Gasteiger partial charge in [-0.2, -0.15) is 0 Å². The van der Waals surface area contributed by atoms with Crippen LogP contribution in [0.5, 0.6) is 5.75 Å². The maximum Gasteiger partial charge on any atom is 0.259 e. The molecule has 0 saturated heterocycles. The average Bonchev–Trinajstić information content (AvgIpc) is 2.35. The molecule has 0 radical (unpaired) electrons. The molecule has 20 heavy (non-hydrogen) atoms. The van der Waals surface area contributed by atoms with E-state index in [9.17, 15) is 23.1 Å². The van der Waals surface area contributed by atoms with E-state index in [1.54, 1.807) is 0 Å². The summed E-state index contributed by atoms with van der Waals surface area (Å²) in [5.74, 6) is -3.66. The van der Waals surface area contributed by atoms with Crippen molar-refractivity contribution < 1.29 is 23.1 Å². The van der Waals surface area contributed by atoms with Crippen molar-refractivity contribution in [1.82, 2.24) is 0 Å². The van der Waals surface area contributed by atoms with Crippen molar-refractivity contribution in [2.75, 3.05) is 5.32 Å². The van der Waals surface area contributed by atoms with Crippen molar-refractivity contribution in [3.05, 3.63) is 58.9 Å². The van der Waals surface area contributed by atoms with Gasteiger partial charge in [0, 0.05) is 12.1 Å². The lowest BCUT2D eigenvalue weighted by molar-refractivity contribution is 0.102. The van der Waals surface area contributed by atoms with Gasteiger partial charge in [0.2, 0.25) is 0 Å². The Bertz CT molecular complexity index is 686.